The number of hydrogen-bond donors (Lipinski definition) is 0. The average Bonchev–Trinajstić information content (AvgIpc) is 2.72. The normalized spacial score (nSPS) is 12.8. The van der Waals surface area contributed by atoms with Crippen LogP contribution in [-0.4, -0.2) is 26.9 Å². The molecule has 3 aromatic rings. The van der Waals surface area contributed by atoms with Gasteiger partial charge in [0.2, 0.25) is 5.91 Å². The Balaban J connectivity index is 2.17. The molecule has 0 aliphatic rings. The van der Waals surface area contributed by atoms with Crippen LogP contribution in [0.15, 0.2) is 59.4 Å². The second-order valence-corrected chi connectivity index (χ2v) is 10.1. The van der Waals surface area contributed by atoms with Gasteiger partial charge in [0.25, 0.3) is 5.56 Å². The van der Waals surface area contributed by atoms with Crippen LogP contribution in [0.25, 0.3) is 16.6 Å². The maximum atomic E-state index is 13.6. The number of benzene rings is 2. The van der Waals surface area contributed by atoms with Crippen molar-refractivity contribution in [3.8, 4) is 5.69 Å². The topological polar surface area (TPSA) is 55.2 Å². The second-order valence-electron chi connectivity index (χ2n) is 10.1. The Morgan fingerprint density at radius 1 is 1.00 bits per heavy atom. The highest BCUT2D eigenvalue weighted by Crippen LogP contribution is 2.27. The van der Waals surface area contributed by atoms with Gasteiger partial charge in [-0.25, -0.2) is 4.98 Å². The summed E-state index contributed by atoms with van der Waals surface area (Å²) in [5.74, 6) is 1.15. The van der Waals surface area contributed by atoms with Crippen LogP contribution in [-0.2, 0) is 4.79 Å². The van der Waals surface area contributed by atoms with Crippen LogP contribution in [0.4, 0.5) is 0 Å². The fourth-order valence-corrected chi connectivity index (χ4v) is 3.88. The summed E-state index contributed by atoms with van der Waals surface area (Å²) in [5, 5.41) is 0.571. The summed E-state index contributed by atoms with van der Waals surface area (Å²) in [6.07, 6.45) is 1.34. The van der Waals surface area contributed by atoms with Crippen LogP contribution in [0.2, 0.25) is 0 Å². The van der Waals surface area contributed by atoms with Gasteiger partial charge < -0.3 is 4.90 Å². The van der Waals surface area contributed by atoms with Gasteiger partial charge in [-0.15, -0.1) is 0 Å². The Kier molecular flexibility index (Phi) is 7.17. The SMILES string of the molecule is CC(C)CCN(C(=O)CC(C)(C)C)C(C)c1nc2ccccc2c(=O)n1-c1ccccc1. The molecule has 170 valence electrons. The van der Waals surface area contributed by atoms with Crippen molar-refractivity contribution in [1.82, 2.24) is 14.5 Å². The minimum Gasteiger partial charge on any atom is -0.333 e. The van der Waals surface area contributed by atoms with E-state index in [2.05, 4.69) is 34.6 Å². The van der Waals surface area contributed by atoms with Crippen LogP contribution in [0.5, 0.6) is 0 Å². The third kappa shape index (κ3) is 5.45. The highest BCUT2D eigenvalue weighted by molar-refractivity contribution is 5.79. The van der Waals surface area contributed by atoms with E-state index < -0.39 is 0 Å². The lowest BCUT2D eigenvalue weighted by Gasteiger charge is -2.33. The number of rotatable bonds is 7. The highest BCUT2D eigenvalue weighted by atomic mass is 16.2. The number of amides is 1. The number of hydrogen-bond acceptors (Lipinski definition) is 3. The third-order valence-electron chi connectivity index (χ3n) is 5.61. The van der Waals surface area contributed by atoms with Gasteiger partial charge in [-0.1, -0.05) is 65.0 Å². The molecule has 0 N–H and O–H groups in total. The van der Waals surface area contributed by atoms with Crippen LogP contribution in [0.1, 0.15) is 66.3 Å². The average molecular weight is 434 g/mol. The summed E-state index contributed by atoms with van der Waals surface area (Å²) >= 11 is 0. The van der Waals surface area contributed by atoms with Crippen LogP contribution in [0.3, 0.4) is 0 Å². The molecule has 0 saturated carbocycles. The number of para-hydroxylation sites is 2. The first-order chi connectivity index (χ1) is 15.1. The Morgan fingerprint density at radius 3 is 2.25 bits per heavy atom. The standard InChI is InChI=1S/C27H35N3O2/c1-19(2)16-17-29(24(31)18-27(4,5)6)20(3)25-28-23-15-11-10-14-22(23)26(32)30(25)21-12-8-7-9-13-21/h7-15,19-20H,16-18H2,1-6H3. The van der Waals surface area contributed by atoms with Crippen LogP contribution in [0, 0.1) is 11.3 Å². The fourth-order valence-electron chi connectivity index (χ4n) is 3.88. The van der Waals surface area contributed by atoms with Crippen molar-refractivity contribution in [2.45, 2.75) is 60.4 Å². The first kappa shape index (κ1) is 23.7. The van der Waals surface area contributed by atoms with Crippen molar-refractivity contribution in [2.75, 3.05) is 6.54 Å². The summed E-state index contributed by atoms with van der Waals surface area (Å²) in [4.78, 5) is 33.8. The molecule has 5 heteroatoms. The molecule has 1 unspecified atom stereocenters. The Morgan fingerprint density at radius 2 is 1.62 bits per heavy atom. The Labute approximate surface area is 191 Å². The molecule has 1 aromatic heterocycles. The predicted octanol–water partition coefficient (Wildman–Crippen LogP) is 5.76. The smallest absolute Gasteiger partial charge is 0.266 e. The van der Waals surface area contributed by atoms with Crippen LogP contribution >= 0.6 is 0 Å². The molecule has 5 nitrogen and oxygen atoms in total. The van der Waals surface area contributed by atoms with Gasteiger partial charge >= 0.3 is 0 Å². The minimum atomic E-state index is -0.346. The quantitative estimate of drug-likeness (QED) is 0.476. The maximum Gasteiger partial charge on any atom is 0.266 e. The second kappa shape index (κ2) is 9.68. The molecule has 0 fully saturated rings. The summed E-state index contributed by atoms with van der Waals surface area (Å²) in [6.45, 7) is 13.2. The molecule has 0 spiro atoms. The first-order valence-electron chi connectivity index (χ1n) is 11.4. The highest BCUT2D eigenvalue weighted by Gasteiger charge is 2.29. The van der Waals surface area contributed by atoms with Gasteiger partial charge in [0.05, 0.1) is 22.6 Å². The molecule has 0 saturated heterocycles. The molecule has 1 atom stereocenters. The summed E-state index contributed by atoms with van der Waals surface area (Å²) < 4.78 is 1.67. The van der Waals surface area contributed by atoms with Gasteiger partial charge in [0.1, 0.15) is 5.82 Å². The largest absolute Gasteiger partial charge is 0.333 e. The number of aromatic nitrogens is 2. The zero-order valence-electron chi connectivity index (χ0n) is 20.1. The number of nitrogens with zero attached hydrogens (tertiary/aromatic N) is 3. The molecule has 2 aromatic carbocycles. The number of carbonyl (C=O) groups is 1. The van der Waals surface area contributed by atoms with Crippen molar-refractivity contribution in [2.24, 2.45) is 11.3 Å². The summed E-state index contributed by atoms with van der Waals surface area (Å²) in [6, 6.07) is 16.6. The van der Waals surface area contributed by atoms with Gasteiger partial charge in [0.15, 0.2) is 0 Å². The summed E-state index contributed by atoms with van der Waals surface area (Å²) in [7, 11) is 0. The van der Waals surface area contributed by atoms with E-state index in [1.54, 1.807) is 10.6 Å². The van der Waals surface area contributed by atoms with Crippen molar-refractivity contribution in [3.05, 3.63) is 70.8 Å². The molecule has 1 amide bonds. The molecule has 0 aliphatic carbocycles. The van der Waals surface area contributed by atoms with E-state index in [1.165, 1.54) is 0 Å². The van der Waals surface area contributed by atoms with Gasteiger partial charge in [-0.3, -0.25) is 14.2 Å². The van der Waals surface area contributed by atoms with Gasteiger partial charge in [0, 0.05) is 13.0 Å². The first-order valence-corrected chi connectivity index (χ1v) is 11.4. The fraction of sp³-hybridized carbons (Fsp3) is 0.444. The molecular weight excluding hydrogens is 398 g/mol. The molecule has 1 heterocycles. The Hall–Kier alpha value is -2.95. The van der Waals surface area contributed by atoms with E-state index in [-0.39, 0.29) is 22.9 Å². The zero-order valence-corrected chi connectivity index (χ0v) is 20.1. The van der Waals surface area contributed by atoms with E-state index in [1.807, 2.05) is 60.4 Å². The van der Waals surface area contributed by atoms with E-state index in [0.717, 1.165) is 12.1 Å². The van der Waals surface area contributed by atoms with Crippen molar-refractivity contribution in [3.63, 3.8) is 0 Å². The van der Waals surface area contributed by atoms with E-state index in [9.17, 15) is 9.59 Å². The lowest BCUT2D eigenvalue weighted by atomic mass is 9.91. The monoisotopic (exact) mass is 433 g/mol. The number of carbonyl (C=O) groups excluding carboxylic acids is 1. The van der Waals surface area contributed by atoms with E-state index in [0.29, 0.717) is 35.6 Å². The summed E-state index contributed by atoms with van der Waals surface area (Å²) in [5.41, 5.74) is 1.17. The third-order valence-corrected chi connectivity index (χ3v) is 5.61. The lowest BCUT2D eigenvalue weighted by molar-refractivity contribution is -0.135. The van der Waals surface area contributed by atoms with Crippen LogP contribution < -0.4 is 5.56 Å². The molecule has 0 radical (unpaired) electrons. The maximum absolute atomic E-state index is 13.6. The minimum absolute atomic E-state index is 0.0904. The van der Waals surface area contributed by atoms with Gasteiger partial charge in [-0.2, -0.15) is 0 Å². The zero-order chi connectivity index (χ0) is 23.5. The molecule has 32 heavy (non-hydrogen) atoms. The molecule has 0 bridgehead atoms. The molecular formula is C27H35N3O2. The predicted molar refractivity (Wildman–Crippen MR) is 131 cm³/mol. The lowest BCUT2D eigenvalue weighted by Crippen LogP contribution is -2.39. The van der Waals surface area contributed by atoms with Crippen molar-refractivity contribution in [1.29, 1.82) is 0 Å². The van der Waals surface area contributed by atoms with E-state index >= 15 is 0 Å². The van der Waals surface area contributed by atoms with Crippen molar-refractivity contribution >= 4 is 16.8 Å². The molecule has 3 rings (SSSR count). The van der Waals surface area contributed by atoms with Gasteiger partial charge in [-0.05, 0) is 48.9 Å². The van der Waals surface area contributed by atoms with E-state index in [4.69, 9.17) is 4.98 Å². The number of fused-ring (bicyclic) bond motifs is 1. The Bertz CT molecular complexity index is 1130. The molecule has 0 aliphatic heterocycles. The van der Waals surface area contributed by atoms with Crippen molar-refractivity contribution < 1.29 is 4.79 Å².